The normalized spacial score (nSPS) is 12.6. The molecule has 0 radical (unpaired) electrons. The second kappa shape index (κ2) is 7.29. The molecule has 0 unspecified atom stereocenters. The van der Waals surface area contributed by atoms with Gasteiger partial charge in [0.1, 0.15) is 0 Å². The number of amides is 1. The summed E-state index contributed by atoms with van der Waals surface area (Å²) in [5.74, 6) is 0.249. The average Bonchev–Trinajstić information content (AvgIpc) is 2.24. The molecule has 18 heavy (non-hydrogen) atoms. The molecular formula is C14H31NO2Si. The Balaban J connectivity index is 3.98. The minimum atomic E-state index is -1.65. The maximum Gasteiger partial charge on any atom is 0.222 e. The van der Waals surface area contributed by atoms with Gasteiger partial charge in [-0.25, -0.2) is 0 Å². The van der Waals surface area contributed by atoms with Crippen LogP contribution in [0.5, 0.6) is 0 Å². The van der Waals surface area contributed by atoms with Gasteiger partial charge >= 0.3 is 0 Å². The fourth-order valence-corrected chi connectivity index (χ4v) is 2.59. The van der Waals surface area contributed by atoms with E-state index in [1.165, 1.54) is 0 Å². The lowest BCUT2D eigenvalue weighted by Gasteiger charge is -2.36. The lowest BCUT2D eigenvalue weighted by atomic mass is 10.2. The first-order valence-electron chi connectivity index (χ1n) is 7.07. The van der Waals surface area contributed by atoms with Crippen molar-refractivity contribution in [1.29, 1.82) is 0 Å². The third kappa shape index (κ3) is 5.53. The quantitative estimate of drug-likeness (QED) is 0.523. The van der Waals surface area contributed by atoms with Gasteiger partial charge < -0.3 is 9.33 Å². The van der Waals surface area contributed by atoms with Crippen LogP contribution in [-0.4, -0.2) is 38.8 Å². The number of nitrogens with zero attached hydrogens (tertiary/aromatic N) is 1. The highest BCUT2D eigenvalue weighted by atomic mass is 28.4. The molecule has 108 valence electrons. The minimum absolute atomic E-state index is 0.246. The molecule has 0 saturated carbocycles. The molecule has 0 aliphatic carbocycles. The largest absolute Gasteiger partial charge is 0.417 e. The molecule has 0 heterocycles. The van der Waals surface area contributed by atoms with E-state index in [9.17, 15) is 4.79 Å². The highest BCUT2D eigenvalue weighted by Gasteiger charge is 2.36. The van der Waals surface area contributed by atoms with Gasteiger partial charge in [0, 0.05) is 26.1 Å². The van der Waals surface area contributed by atoms with Gasteiger partial charge in [0.05, 0.1) is 0 Å². The minimum Gasteiger partial charge on any atom is -0.417 e. The Morgan fingerprint density at radius 3 is 2.06 bits per heavy atom. The SMILES string of the molecule is CCN(CC)C(=O)CCCO[Si](C)(C)C(C)(C)C. The van der Waals surface area contributed by atoms with Gasteiger partial charge in [0.25, 0.3) is 0 Å². The molecule has 4 heteroatoms. The average molecular weight is 273 g/mol. The van der Waals surface area contributed by atoms with Crippen LogP contribution < -0.4 is 0 Å². The van der Waals surface area contributed by atoms with Crippen LogP contribution in [-0.2, 0) is 9.22 Å². The van der Waals surface area contributed by atoms with Crippen LogP contribution >= 0.6 is 0 Å². The molecule has 3 nitrogen and oxygen atoms in total. The molecule has 0 rings (SSSR count). The van der Waals surface area contributed by atoms with Crippen LogP contribution in [0.1, 0.15) is 47.5 Å². The van der Waals surface area contributed by atoms with Crippen molar-refractivity contribution in [2.24, 2.45) is 0 Å². The number of carbonyl (C=O) groups is 1. The van der Waals surface area contributed by atoms with Gasteiger partial charge in [-0.1, -0.05) is 20.8 Å². The van der Waals surface area contributed by atoms with Crippen LogP contribution in [0.3, 0.4) is 0 Å². The fraction of sp³-hybridized carbons (Fsp3) is 0.929. The first-order chi connectivity index (χ1) is 8.15. The maximum atomic E-state index is 11.8. The van der Waals surface area contributed by atoms with E-state index in [0.29, 0.717) is 13.0 Å². The van der Waals surface area contributed by atoms with Crippen LogP contribution in [0.15, 0.2) is 0 Å². The van der Waals surface area contributed by atoms with Gasteiger partial charge in [-0.15, -0.1) is 0 Å². The second-order valence-electron chi connectivity index (χ2n) is 6.28. The van der Waals surface area contributed by atoms with Crippen molar-refractivity contribution >= 4 is 14.2 Å². The third-order valence-electron chi connectivity index (χ3n) is 3.92. The van der Waals surface area contributed by atoms with E-state index in [4.69, 9.17) is 4.43 Å². The topological polar surface area (TPSA) is 29.5 Å². The molecule has 0 aliphatic rings. The van der Waals surface area contributed by atoms with Crippen molar-refractivity contribution in [1.82, 2.24) is 4.90 Å². The van der Waals surface area contributed by atoms with Gasteiger partial charge in [-0.05, 0) is 38.4 Å². The summed E-state index contributed by atoms with van der Waals surface area (Å²) in [6, 6.07) is 0. The van der Waals surface area contributed by atoms with Crippen molar-refractivity contribution in [2.45, 2.75) is 65.6 Å². The van der Waals surface area contributed by atoms with Gasteiger partial charge in [0.2, 0.25) is 5.91 Å². The zero-order chi connectivity index (χ0) is 14.4. The van der Waals surface area contributed by atoms with Gasteiger partial charge in [0.15, 0.2) is 8.32 Å². The summed E-state index contributed by atoms with van der Waals surface area (Å²) in [7, 11) is -1.65. The fourth-order valence-electron chi connectivity index (χ4n) is 1.50. The smallest absolute Gasteiger partial charge is 0.222 e. The number of carbonyl (C=O) groups excluding carboxylic acids is 1. The lowest BCUT2D eigenvalue weighted by molar-refractivity contribution is -0.131. The van der Waals surface area contributed by atoms with E-state index < -0.39 is 8.32 Å². The standard InChI is InChI=1S/C14H31NO2Si/c1-8-15(9-2)13(16)11-10-12-17-18(6,7)14(3,4)5/h8-12H2,1-7H3. The highest BCUT2D eigenvalue weighted by molar-refractivity contribution is 6.74. The van der Waals surface area contributed by atoms with Crippen LogP contribution in [0, 0.1) is 0 Å². The molecule has 0 fully saturated rings. The van der Waals surface area contributed by atoms with E-state index in [1.807, 2.05) is 18.7 Å². The van der Waals surface area contributed by atoms with E-state index in [1.54, 1.807) is 0 Å². The van der Waals surface area contributed by atoms with Crippen molar-refractivity contribution in [3.8, 4) is 0 Å². The first-order valence-corrected chi connectivity index (χ1v) is 9.98. The van der Waals surface area contributed by atoms with Crippen LogP contribution in [0.2, 0.25) is 18.1 Å². The van der Waals surface area contributed by atoms with Gasteiger partial charge in [-0.3, -0.25) is 4.79 Å². The number of hydrogen-bond acceptors (Lipinski definition) is 2. The molecule has 0 atom stereocenters. The first kappa shape index (κ1) is 17.6. The summed E-state index contributed by atoms with van der Waals surface area (Å²) in [6.45, 7) is 17.6. The molecule has 0 aliphatic heterocycles. The van der Waals surface area contributed by atoms with Crippen molar-refractivity contribution < 1.29 is 9.22 Å². The Hall–Kier alpha value is -0.353. The molecule has 0 aromatic heterocycles. The molecule has 0 aromatic rings. The Morgan fingerprint density at radius 2 is 1.67 bits per heavy atom. The van der Waals surface area contributed by atoms with E-state index in [0.717, 1.165) is 19.5 Å². The molecule has 0 aromatic carbocycles. The maximum absolute atomic E-state index is 11.8. The Labute approximate surface area is 114 Å². The molecule has 0 saturated heterocycles. The predicted octanol–water partition coefficient (Wildman–Crippen LogP) is 3.66. The molecule has 1 amide bonds. The predicted molar refractivity (Wildman–Crippen MR) is 80.3 cm³/mol. The van der Waals surface area contributed by atoms with Gasteiger partial charge in [-0.2, -0.15) is 0 Å². The van der Waals surface area contributed by atoms with E-state index in [-0.39, 0.29) is 10.9 Å². The Morgan fingerprint density at radius 1 is 1.17 bits per heavy atom. The van der Waals surface area contributed by atoms with Crippen molar-refractivity contribution in [3.05, 3.63) is 0 Å². The second-order valence-corrected chi connectivity index (χ2v) is 11.1. The molecule has 0 bridgehead atoms. The zero-order valence-electron chi connectivity index (χ0n) is 13.3. The summed E-state index contributed by atoms with van der Waals surface area (Å²) < 4.78 is 6.06. The Bertz CT molecular complexity index is 255. The van der Waals surface area contributed by atoms with E-state index >= 15 is 0 Å². The van der Waals surface area contributed by atoms with E-state index in [2.05, 4.69) is 33.9 Å². The molecule has 0 N–H and O–H groups in total. The molecular weight excluding hydrogens is 242 g/mol. The molecule has 0 spiro atoms. The highest BCUT2D eigenvalue weighted by Crippen LogP contribution is 2.36. The van der Waals surface area contributed by atoms with Crippen molar-refractivity contribution in [2.75, 3.05) is 19.7 Å². The monoisotopic (exact) mass is 273 g/mol. The van der Waals surface area contributed by atoms with Crippen LogP contribution in [0.25, 0.3) is 0 Å². The summed E-state index contributed by atoms with van der Waals surface area (Å²) in [6.07, 6.45) is 1.44. The third-order valence-corrected chi connectivity index (χ3v) is 8.46. The summed E-state index contributed by atoms with van der Waals surface area (Å²) in [4.78, 5) is 13.7. The summed E-state index contributed by atoms with van der Waals surface area (Å²) in [5.41, 5.74) is 0. The lowest BCUT2D eigenvalue weighted by Crippen LogP contribution is -2.41. The summed E-state index contributed by atoms with van der Waals surface area (Å²) >= 11 is 0. The zero-order valence-corrected chi connectivity index (χ0v) is 14.3. The van der Waals surface area contributed by atoms with Crippen LogP contribution in [0.4, 0.5) is 0 Å². The number of hydrogen-bond donors (Lipinski definition) is 0. The summed E-state index contributed by atoms with van der Waals surface area (Å²) in [5, 5.41) is 0.246. The van der Waals surface area contributed by atoms with Crippen molar-refractivity contribution in [3.63, 3.8) is 0 Å². The number of rotatable bonds is 7. The Kier molecular flexibility index (Phi) is 7.15.